The van der Waals surface area contributed by atoms with Crippen LogP contribution in [0.4, 0.5) is 15.8 Å². The molecule has 0 aliphatic rings. The first-order chi connectivity index (χ1) is 9.52. The lowest BCUT2D eigenvalue weighted by Crippen LogP contribution is -2.14. The van der Waals surface area contributed by atoms with Crippen molar-refractivity contribution < 1.29 is 9.18 Å². The molecular weight excluding hydrogens is 281 g/mol. The van der Waals surface area contributed by atoms with Gasteiger partial charge >= 0.3 is 0 Å². The van der Waals surface area contributed by atoms with Crippen LogP contribution in [0.2, 0.25) is 5.02 Å². The Morgan fingerprint density at radius 3 is 2.65 bits per heavy atom. The largest absolute Gasteiger partial charge is 0.324 e. The first kappa shape index (κ1) is 14.3. The maximum absolute atomic E-state index is 13.6. The third-order valence-corrected chi connectivity index (χ3v) is 3.16. The van der Waals surface area contributed by atoms with E-state index in [-0.39, 0.29) is 10.7 Å². The van der Waals surface area contributed by atoms with Gasteiger partial charge in [-0.25, -0.2) is 4.39 Å². The van der Waals surface area contributed by atoms with Gasteiger partial charge in [-0.3, -0.25) is 10.6 Å². The monoisotopic (exact) mass is 293 g/mol. The summed E-state index contributed by atoms with van der Waals surface area (Å²) in [7, 11) is 0. The van der Waals surface area contributed by atoms with Crippen LogP contribution in [0, 0.1) is 12.7 Å². The summed E-state index contributed by atoms with van der Waals surface area (Å²) in [5, 5.41) is 2.61. The lowest BCUT2D eigenvalue weighted by molar-refractivity contribution is 0.102. The van der Waals surface area contributed by atoms with Gasteiger partial charge in [0, 0.05) is 5.56 Å². The summed E-state index contributed by atoms with van der Waals surface area (Å²) in [5.74, 6) is 4.30. The number of anilines is 2. The number of carbonyl (C=O) groups is 1. The molecule has 2 rings (SSSR count). The Labute approximate surface area is 120 Å². The number of hydrazine groups is 1. The molecule has 0 atom stereocenters. The fourth-order valence-electron chi connectivity index (χ4n) is 1.77. The lowest BCUT2D eigenvalue weighted by atomic mass is 10.1. The first-order valence-corrected chi connectivity index (χ1v) is 6.23. The summed E-state index contributed by atoms with van der Waals surface area (Å²) < 4.78 is 13.6. The Morgan fingerprint density at radius 1 is 1.30 bits per heavy atom. The second-order valence-corrected chi connectivity index (χ2v) is 4.63. The van der Waals surface area contributed by atoms with Crippen LogP contribution in [0.25, 0.3) is 0 Å². The van der Waals surface area contributed by atoms with Crippen LogP contribution in [0.5, 0.6) is 0 Å². The van der Waals surface area contributed by atoms with Crippen molar-refractivity contribution in [1.82, 2.24) is 0 Å². The summed E-state index contributed by atoms with van der Waals surface area (Å²) >= 11 is 5.86. The molecule has 20 heavy (non-hydrogen) atoms. The van der Waals surface area contributed by atoms with Gasteiger partial charge in [0.1, 0.15) is 5.82 Å². The second kappa shape index (κ2) is 5.90. The van der Waals surface area contributed by atoms with Gasteiger partial charge < -0.3 is 10.7 Å². The molecule has 104 valence electrons. The van der Waals surface area contributed by atoms with Gasteiger partial charge in [0.15, 0.2) is 0 Å². The van der Waals surface area contributed by atoms with E-state index in [0.29, 0.717) is 11.3 Å². The number of nitrogens with one attached hydrogen (secondary N) is 2. The third kappa shape index (κ3) is 2.89. The standard InChI is InChI=1S/C14H13ClFN3O/c1-8-7-9(5-6-12(8)19-17)14(20)18-13-10(15)3-2-4-11(13)16/h2-7,19H,17H2,1H3,(H,18,20). The van der Waals surface area contributed by atoms with Crippen LogP contribution >= 0.6 is 11.6 Å². The Morgan fingerprint density at radius 2 is 2.05 bits per heavy atom. The number of rotatable bonds is 3. The molecule has 2 aromatic carbocycles. The van der Waals surface area contributed by atoms with Crippen molar-refractivity contribution in [1.29, 1.82) is 0 Å². The number of benzene rings is 2. The predicted molar refractivity (Wildman–Crippen MR) is 78.4 cm³/mol. The minimum absolute atomic E-state index is 0.0298. The van der Waals surface area contributed by atoms with E-state index in [2.05, 4.69) is 10.7 Å². The van der Waals surface area contributed by atoms with E-state index >= 15 is 0 Å². The van der Waals surface area contributed by atoms with Crippen LogP contribution in [-0.2, 0) is 0 Å². The maximum Gasteiger partial charge on any atom is 0.255 e. The maximum atomic E-state index is 13.6. The zero-order chi connectivity index (χ0) is 14.7. The third-order valence-electron chi connectivity index (χ3n) is 2.85. The number of aryl methyl sites for hydroxylation is 1. The zero-order valence-corrected chi connectivity index (χ0v) is 11.5. The van der Waals surface area contributed by atoms with Crippen molar-refractivity contribution in [2.75, 3.05) is 10.7 Å². The summed E-state index contributed by atoms with van der Waals surface area (Å²) in [5.41, 5.74) is 4.40. The summed E-state index contributed by atoms with van der Waals surface area (Å²) in [6, 6.07) is 9.12. The number of carbonyl (C=O) groups excluding carboxylic acids is 1. The Bertz CT molecular complexity index is 641. The summed E-state index contributed by atoms with van der Waals surface area (Å²) in [4.78, 5) is 12.1. The van der Waals surface area contributed by atoms with E-state index < -0.39 is 11.7 Å². The fraction of sp³-hybridized carbons (Fsp3) is 0.0714. The average Bonchev–Trinajstić information content (AvgIpc) is 2.42. The normalized spacial score (nSPS) is 10.2. The topological polar surface area (TPSA) is 67.2 Å². The SMILES string of the molecule is Cc1cc(C(=O)Nc2c(F)cccc2Cl)ccc1NN. The number of para-hydroxylation sites is 1. The van der Waals surface area contributed by atoms with E-state index in [0.717, 1.165) is 5.56 Å². The van der Waals surface area contributed by atoms with Crippen LogP contribution < -0.4 is 16.6 Å². The molecule has 0 fully saturated rings. The Kier molecular flexibility index (Phi) is 4.22. The molecule has 0 saturated heterocycles. The van der Waals surface area contributed by atoms with Crippen molar-refractivity contribution in [3.05, 3.63) is 58.4 Å². The predicted octanol–water partition coefficient (Wildman–Crippen LogP) is 3.33. The molecule has 0 aliphatic carbocycles. The molecule has 6 heteroatoms. The lowest BCUT2D eigenvalue weighted by Gasteiger charge is -2.10. The molecule has 0 heterocycles. The molecular formula is C14H13ClFN3O. The van der Waals surface area contributed by atoms with Crippen LogP contribution in [0.3, 0.4) is 0 Å². The van der Waals surface area contributed by atoms with Crippen molar-refractivity contribution in [2.24, 2.45) is 5.84 Å². The summed E-state index contributed by atoms with van der Waals surface area (Å²) in [6.45, 7) is 1.81. The number of hydrogen-bond donors (Lipinski definition) is 3. The number of nitrogen functional groups attached to an aromatic ring is 1. The molecule has 1 amide bonds. The van der Waals surface area contributed by atoms with E-state index in [4.69, 9.17) is 17.4 Å². The van der Waals surface area contributed by atoms with Crippen LogP contribution in [0.15, 0.2) is 36.4 Å². The molecule has 0 saturated carbocycles. The molecule has 4 nitrogen and oxygen atoms in total. The molecule has 0 bridgehead atoms. The van der Waals surface area contributed by atoms with E-state index in [1.54, 1.807) is 18.2 Å². The van der Waals surface area contributed by atoms with Gasteiger partial charge in [0.2, 0.25) is 0 Å². The van der Waals surface area contributed by atoms with Crippen molar-refractivity contribution in [3.63, 3.8) is 0 Å². The molecule has 0 spiro atoms. The molecule has 4 N–H and O–H groups in total. The minimum atomic E-state index is -0.581. The van der Waals surface area contributed by atoms with Crippen molar-refractivity contribution in [3.8, 4) is 0 Å². The smallest absolute Gasteiger partial charge is 0.255 e. The number of amides is 1. The van der Waals surface area contributed by atoms with Gasteiger partial charge in [-0.15, -0.1) is 0 Å². The fourth-order valence-corrected chi connectivity index (χ4v) is 1.98. The van der Waals surface area contributed by atoms with Gasteiger partial charge in [-0.2, -0.15) is 0 Å². The Balaban J connectivity index is 2.26. The molecule has 0 unspecified atom stereocenters. The van der Waals surface area contributed by atoms with Gasteiger partial charge in [-0.05, 0) is 42.8 Å². The van der Waals surface area contributed by atoms with Crippen molar-refractivity contribution >= 4 is 28.9 Å². The highest BCUT2D eigenvalue weighted by Crippen LogP contribution is 2.25. The first-order valence-electron chi connectivity index (χ1n) is 5.85. The van der Waals surface area contributed by atoms with Gasteiger partial charge in [0.25, 0.3) is 5.91 Å². The van der Waals surface area contributed by atoms with E-state index in [9.17, 15) is 9.18 Å². The average molecular weight is 294 g/mol. The number of halogens is 2. The highest BCUT2D eigenvalue weighted by molar-refractivity contribution is 6.34. The minimum Gasteiger partial charge on any atom is -0.324 e. The molecule has 0 aromatic heterocycles. The summed E-state index contributed by atoms with van der Waals surface area (Å²) in [6.07, 6.45) is 0. The number of nitrogens with two attached hydrogens (primary N) is 1. The molecule has 0 aliphatic heterocycles. The quantitative estimate of drug-likeness (QED) is 0.601. The van der Waals surface area contributed by atoms with Gasteiger partial charge in [-0.1, -0.05) is 17.7 Å². The highest BCUT2D eigenvalue weighted by atomic mass is 35.5. The second-order valence-electron chi connectivity index (χ2n) is 4.22. The number of hydrogen-bond acceptors (Lipinski definition) is 3. The van der Waals surface area contributed by atoms with E-state index in [1.165, 1.54) is 18.2 Å². The van der Waals surface area contributed by atoms with Gasteiger partial charge in [0.05, 0.1) is 16.4 Å². The molecule has 0 radical (unpaired) electrons. The molecule has 2 aromatic rings. The van der Waals surface area contributed by atoms with E-state index in [1.807, 2.05) is 6.92 Å². The highest BCUT2D eigenvalue weighted by Gasteiger charge is 2.13. The van der Waals surface area contributed by atoms with Crippen molar-refractivity contribution in [2.45, 2.75) is 6.92 Å². The zero-order valence-electron chi connectivity index (χ0n) is 10.7. The van der Waals surface area contributed by atoms with Crippen LogP contribution in [0.1, 0.15) is 15.9 Å². The van der Waals surface area contributed by atoms with Crippen LogP contribution in [-0.4, -0.2) is 5.91 Å². The Hall–Kier alpha value is -2.11.